The van der Waals surface area contributed by atoms with E-state index in [0.717, 1.165) is 52.1 Å². The summed E-state index contributed by atoms with van der Waals surface area (Å²) in [6.07, 6.45) is 2.01. The number of nitrogens with zero attached hydrogens (tertiary/aromatic N) is 3. The number of fused-ring (bicyclic) bond motifs is 1. The molecule has 3 aliphatic rings. The van der Waals surface area contributed by atoms with Crippen LogP contribution in [0.5, 0.6) is 0 Å². The fourth-order valence-corrected chi connectivity index (χ4v) is 4.72. The van der Waals surface area contributed by atoms with Gasteiger partial charge in [0.25, 0.3) is 0 Å². The van der Waals surface area contributed by atoms with Crippen molar-refractivity contribution in [2.45, 2.75) is 19.8 Å². The highest BCUT2D eigenvalue weighted by atomic mass is 16.2. The van der Waals surface area contributed by atoms with Crippen LogP contribution < -0.4 is 4.90 Å². The first-order valence-electron chi connectivity index (χ1n) is 9.33. The maximum absolute atomic E-state index is 13.1. The Balaban J connectivity index is 1.38. The molecule has 2 atom stereocenters. The standard InChI is InChI=1S/C20H29N3O/c1-20(8-10-21(2)11-9-20)19(24)23-14-16-12-22(13-17(16)15-23)18-6-4-3-5-7-18/h3-7,16-17H,8-15H2,1-2H3. The maximum Gasteiger partial charge on any atom is 0.228 e. The normalized spacial score (nSPS) is 29.8. The van der Waals surface area contributed by atoms with E-state index < -0.39 is 0 Å². The van der Waals surface area contributed by atoms with Crippen LogP contribution >= 0.6 is 0 Å². The monoisotopic (exact) mass is 327 g/mol. The molecule has 4 rings (SSSR count). The van der Waals surface area contributed by atoms with Crippen molar-refractivity contribution in [2.24, 2.45) is 17.3 Å². The number of likely N-dealkylation sites (tertiary alicyclic amines) is 2. The third-order valence-electron chi connectivity index (χ3n) is 6.50. The molecule has 24 heavy (non-hydrogen) atoms. The third kappa shape index (κ3) is 2.81. The highest BCUT2D eigenvalue weighted by molar-refractivity contribution is 5.83. The number of carbonyl (C=O) groups is 1. The Morgan fingerprint density at radius 3 is 2.17 bits per heavy atom. The van der Waals surface area contributed by atoms with Crippen molar-refractivity contribution in [3.8, 4) is 0 Å². The predicted octanol–water partition coefficient (Wildman–Crippen LogP) is 2.31. The quantitative estimate of drug-likeness (QED) is 0.834. The number of carbonyl (C=O) groups excluding carboxylic acids is 1. The van der Waals surface area contributed by atoms with Crippen LogP contribution in [0.15, 0.2) is 30.3 Å². The number of rotatable bonds is 2. The van der Waals surface area contributed by atoms with E-state index in [4.69, 9.17) is 0 Å². The van der Waals surface area contributed by atoms with Gasteiger partial charge in [0, 0.05) is 49.1 Å². The number of anilines is 1. The first-order valence-corrected chi connectivity index (χ1v) is 9.33. The second-order valence-electron chi connectivity index (χ2n) is 8.33. The fraction of sp³-hybridized carbons (Fsp3) is 0.650. The van der Waals surface area contributed by atoms with E-state index in [1.54, 1.807) is 0 Å². The molecule has 130 valence electrons. The lowest BCUT2D eigenvalue weighted by atomic mass is 9.79. The van der Waals surface area contributed by atoms with Crippen LogP contribution in [0.2, 0.25) is 0 Å². The van der Waals surface area contributed by atoms with Gasteiger partial charge in [-0.3, -0.25) is 4.79 Å². The van der Waals surface area contributed by atoms with Crippen LogP contribution in [-0.2, 0) is 4.79 Å². The van der Waals surface area contributed by atoms with E-state index in [-0.39, 0.29) is 5.41 Å². The molecule has 1 amide bonds. The highest BCUT2D eigenvalue weighted by Crippen LogP contribution is 2.38. The van der Waals surface area contributed by atoms with Gasteiger partial charge in [-0.25, -0.2) is 0 Å². The minimum atomic E-state index is -0.135. The van der Waals surface area contributed by atoms with Gasteiger partial charge in [0.1, 0.15) is 0 Å². The molecule has 0 aliphatic carbocycles. The van der Waals surface area contributed by atoms with Crippen molar-refractivity contribution in [2.75, 3.05) is 51.2 Å². The van der Waals surface area contributed by atoms with Gasteiger partial charge in [-0.15, -0.1) is 0 Å². The summed E-state index contributed by atoms with van der Waals surface area (Å²) in [4.78, 5) is 20.1. The first-order chi connectivity index (χ1) is 11.5. The zero-order valence-corrected chi connectivity index (χ0v) is 14.9. The summed E-state index contributed by atoms with van der Waals surface area (Å²) < 4.78 is 0. The van der Waals surface area contributed by atoms with Gasteiger partial charge in [-0.1, -0.05) is 25.1 Å². The van der Waals surface area contributed by atoms with Crippen LogP contribution in [0.25, 0.3) is 0 Å². The second-order valence-corrected chi connectivity index (χ2v) is 8.33. The summed E-state index contributed by atoms with van der Waals surface area (Å²) in [7, 11) is 2.16. The average molecular weight is 327 g/mol. The minimum absolute atomic E-state index is 0.135. The predicted molar refractivity (Wildman–Crippen MR) is 97.1 cm³/mol. The van der Waals surface area contributed by atoms with Crippen molar-refractivity contribution in [1.29, 1.82) is 0 Å². The molecular weight excluding hydrogens is 298 g/mol. The summed E-state index contributed by atoms with van der Waals surface area (Å²) in [5.74, 6) is 1.70. The minimum Gasteiger partial charge on any atom is -0.371 e. The van der Waals surface area contributed by atoms with Gasteiger partial charge in [-0.2, -0.15) is 0 Å². The van der Waals surface area contributed by atoms with E-state index in [9.17, 15) is 4.79 Å². The molecule has 4 heteroatoms. The Labute approximate surface area is 145 Å². The van der Waals surface area contributed by atoms with E-state index in [1.807, 2.05) is 0 Å². The number of benzene rings is 1. The van der Waals surface area contributed by atoms with Crippen LogP contribution in [-0.4, -0.2) is 62.0 Å². The molecular formula is C20H29N3O. The molecule has 1 aromatic carbocycles. The summed E-state index contributed by atoms with van der Waals surface area (Å²) in [5.41, 5.74) is 1.19. The highest BCUT2D eigenvalue weighted by Gasteiger charge is 2.46. The molecule has 1 aromatic rings. The summed E-state index contributed by atoms with van der Waals surface area (Å²) in [6, 6.07) is 10.7. The Morgan fingerprint density at radius 1 is 1.00 bits per heavy atom. The zero-order chi connectivity index (χ0) is 16.7. The molecule has 0 spiro atoms. The lowest BCUT2D eigenvalue weighted by Gasteiger charge is -2.39. The van der Waals surface area contributed by atoms with Gasteiger partial charge in [0.2, 0.25) is 5.91 Å². The van der Waals surface area contributed by atoms with E-state index in [0.29, 0.717) is 17.7 Å². The summed E-state index contributed by atoms with van der Waals surface area (Å²) in [6.45, 7) is 8.38. The van der Waals surface area contributed by atoms with Crippen molar-refractivity contribution in [3.63, 3.8) is 0 Å². The van der Waals surface area contributed by atoms with Gasteiger partial charge in [0.05, 0.1) is 0 Å². The second kappa shape index (κ2) is 6.07. The Hall–Kier alpha value is -1.55. The van der Waals surface area contributed by atoms with Gasteiger partial charge in [0.15, 0.2) is 0 Å². The van der Waals surface area contributed by atoms with Gasteiger partial charge >= 0.3 is 0 Å². The molecule has 0 bridgehead atoms. The van der Waals surface area contributed by atoms with E-state index in [2.05, 4.69) is 59.0 Å². The van der Waals surface area contributed by atoms with Crippen molar-refractivity contribution in [3.05, 3.63) is 30.3 Å². The summed E-state index contributed by atoms with van der Waals surface area (Å²) in [5, 5.41) is 0. The molecule has 0 saturated carbocycles. The van der Waals surface area contributed by atoms with Crippen molar-refractivity contribution in [1.82, 2.24) is 9.80 Å². The van der Waals surface area contributed by atoms with Crippen LogP contribution in [0, 0.1) is 17.3 Å². The van der Waals surface area contributed by atoms with Crippen molar-refractivity contribution >= 4 is 11.6 Å². The molecule has 0 radical (unpaired) electrons. The number of amides is 1. The molecule has 3 aliphatic heterocycles. The topological polar surface area (TPSA) is 26.8 Å². The van der Waals surface area contributed by atoms with E-state index in [1.165, 1.54) is 5.69 Å². The summed E-state index contributed by atoms with van der Waals surface area (Å²) >= 11 is 0. The fourth-order valence-electron chi connectivity index (χ4n) is 4.72. The zero-order valence-electron chi connectivity index (χ0n) is 14.9. The van der Waals surface area contributed by atoms with Crippen molar-refractivity contribution < 1.29 is 4.79 Å². The smallest absolute Gasteiger partial charge is 0.228 e. The molecule has 2 unspecified atom stereocenters. The molecule has 0 aromatic heterocycles. The van der Waals surface area contributed by atoms with Gasteiger partial charge in [-0.05, 0) is 45.1 Å². The van der Waals surface area contributed by atoms with E-state index >= 15 is 0 Å². The molecule has 3 saturated heterocycles. The lowest BCUT2D eigenvalue weighted by Crippen LogP contribution is -2.48. The van der Waals surface area contributed by atoms with Gasteiger partial charge < -0.3 is 14.7 Å². The SMILES string of the molecule is CN1CCC(C)(C(=O)N2CC3CN(c4ccccc4)CC3C2)CC1. The Morgan fingerprint density at radius 2 is 1.58 bits per heavy atom. The molecule has 3 fully saturated rings. The average Bonchev–Trinajstić information content (AvgIpc) is 3.17. The maximum atomic E-state index is 13.1. The van der Waals surface area contributed by atoms with Crippen LogP contribution in [0.3, 0.4) is 0 Å². The lowest BCUT2D eigenvalue weighted by molar-refractivity contribution is -0.143. The molecule has 0 N–H and O–H groups in total. The Bertz CT molecular complexity index is 580. The largest absolute Gasteiger partial charge is 0.371 e. The third-order valence-corrected chi connectivity index (χ3v) is 6.50. The molecule has 4 nitrogen and oxygen atoms in total. The number of para-hydroxylation sites is 1. The van der Waals surface area contributed by atoms with Crippen LogP contribution in [0.1, 0.15) is 19.8 Å². The Kier molecular flexibility index (Phi) is 4.03. The number of hydrogen-bond acceptors (Lipinski definition) is 3. The number of hydrogen-bond donors (Lipinski definition) is 0. The van der Waals surface area contributed by atoms with Crippen LogP contribution in [0.4, 0.5) is 5.69 Å². The number of piperidine rings is 1. The molecule has 3 heterocycles. The first kappa shape index (κ1) is 15.9.